The van der Waals surface area contributed by atoms with Crippen molar-refractivity contribution in [3.63, 3.8) is 0 Å². The zero-order chi connectivity index (χ0) is 19.1. The van der Waals surface area contributed by atoms with Gasteiger partial charge in [0.25, 0.3) is 0 Å². The molecule has 5 aliphatic rings. The van der Waals surface area contributed by atoms with Crippen molar-refractivity contribution in [2.45, 2.75) is 57.4 Å². The van der Waals surface area contributed by atoms with Gasteiger partial charge in [-0.1, -0.05) is 18.2 Å². The van der Waals surface area contributed by atoms with E-state index in [1.165, 1.54) is 19.3 Å². The van der Waals surface area contributed by atoms with Crippen LogP contribution in [0.5, 0.6) is 5.75 Å². The molecular formula is C23H30N2O3. The van der Waals surface area contributed by atoms with Gasteiger partial charge in [0, 0.05) is 24.5 Å². The van der Waals surface area contributed by atoms with Crippen LogP contribution in [0.4, 0.5) is 4.79 Å². The summed E-state index contributed by atoms with van der Waals surface area (Å²) in [7, 11) is 0. The smallest absolute Gasteiger partial charge is 0.410 e. The number of ether oxygens (including phenoxy) is 1. The first-order valence-electron chi connectivity index (χ1n) is 10.9. The summed E-state index contributed by atoms with van der Waals surface area (Å²) < 4.78 is 5.43. The molecule has 1 N–H and O–H groups in total. The predicted octanol–water partition coefficient (Wildman–Crippen LogP) is 3.98. The Balaban J connectivity index is 1.14. The molecule has 0 spiro atoms. The van der Waals surface area contributed by atoms with E-state index in [9.17, 15) is 9.59 Å². The number of carbonyl (C=O) groups is 2. The lowest BCUT2D eigenvalue weighted by Gasteiger charge is -2.56. The van der Waals surface area contributed by atoms with Gasteiger partial charge in [-0.2, -0.15) is 0 Å². The first-order valence-corrected chi connectivity index (χ1v) is 10.9. The number of likely N-dealkylation sites (tertiary alicyclic amines) is 1. The van der Waals surface area contributed by atoms with Crippen molar-refractivity contribution in [1.29, 1.82) is 0 Å². The van der Waals surface area contributed by atoms with Crippen LogP contribution < -0.4 is 10.1 Å². The van der Waals surface area contributed by atoms with Gasteiger partial charge in [-0.3, -0.25) is 4.79 Å². The molecule has 5 nitrogen and oxygen atoms in total. The second-order valence-corrected chi connectivity index (χ2v) is 9.61. The molecule has 1 heterocycles. The maximum absolute atomic E-state index is 13.2. The summed E-state index contributed by atoms with van der Waals surface area (Å²) >= 11 is 0. The fourth-order valence-corrected chi connectivity index (χ4v) is 6.59. The normalized spacial score (nSPS) is 34.3. The quantitative estimate of drug-likeness (QED) is 0.860. The Morgan fingerprint density at radius 1 is 0.929 bits per heavy atom. The van der Waals surface area contributed by atoms with Gasteiger partial charge in [-0.15, -0.1) is 0 Å². The molecule has 0 unspecified atom stereocenters. The lowest BCUT2D eigenvalue weighted by atomic mass is 9.49. The number of para-hydroxylation sites is 1. The van der Waals surface area contributed by atoms with Crippen LogP contribution in [-0.2, 0) is 4.79 Å². The number of carbonyl (C=O) groups excluding carboxylic acids is 2. The third-order valence-corrected chi connectivity index (χ3v) is 7.56. The van der Waals surface area contributed by atoms with Gasteiger partial charge in [0.2, 0.25) is 5.91 Å². The number of nitrogens with one attached hydrogen (secondary N) is 1. The molecule has 4 bridgehead atoms. The highest BCUT2D eigenvalue weighted by molar-refractivity contribution is 5.83. The van der Waals surface area contributed by atoms with Gasteiger partial charge in [-0.05, 0) is 81.3 Å². The van der Waals surface area contributed by atoms with E-state index in [4.69, 9.17) is 4.74 Å². The van der Waals surface area contributed by atoms with Crippen molar-refractivity contribution in [2.75, 3.05) is 13.1 Å². The summed E-state index contributed by atoms with van der Waals surface area (Å²) in [6, 6.07) is 9.37. The Kier molecular flexibility index (Phi) is 4.56. The SMILES string of the molecule is O=C(Oc1ccccc1)N1CCC(NC(=O)C23CC4CC(CC(C4)C2)C3)CC1. The Hall–Kier alpha value is -2.04. The number of nitrogens with zero attached hydrogens (tertiary/aromatic N) is 1. The summed E-state index contributed by atoms with van der Waals surface area (Å²) in [6.45, 7) is 1.27. The van der Waals surface area contributed by atoms with Crippen molar-refractivity contribution < 1.29 is 14.3 Å². The number of piperidine rings is 1. The van der Waals surface area contributed by atoms with Gasteiger partial charge in [-0.25, -0.2) is 4.79 Å². The topological polar surface area (TPSA) is 58.6 Å². The zero-order valence-corrected chi connectivity index (χ0v) is 16.4. The molecule has 0 atom stereocenters. The van der Waals surface area contributed by atoms with E-state index in [1.807, 2.05) is 18.2 Å². The van der Waals surface area contributed by atoms with Crippen LogP contribution in [0.2, 0.25) is 0 Å². The highest BCUT2D eigenvalue weighted by Crippen LogP contribution is 2.60. The van der Waals surface area contributed by atoms with Crippen LogP contribution in [0, 0.1) is 23.2 Å². The van der Waals surface area contributed by atoms with Crippen molar-refractivity contribution in [3.05, 3.63) is 30.3 Å². The van der Waals surface area contributed by atoms with E-state index in [1.54, 1.807) is 17.0 Å². The largest absolute Gasteiger partial charge is 0.415 e. The van der Waals surface area contributed by atoms with Crippen LogP contribution in [0.25, 0.3) is 0 Å². The molecule has 150 valence electrons. The Morgan fingerprint density at radius 3 is 2.07 bits per heavy atom. The first-order chi connectivity index (χ1) is 13.6. The third-order valence-electron chi connectivity index (χ3n) is 7.56. The molecule has 1 aromatic rings. The Morgan fingerprint density at radius 2 is 1.50 bits per heavy atom. The van der Waals surface area contributed by atoms with E-state index >= 15 is 0 Å². The van der Waals surface area contributed by atoms with Crippen molar-refractivity contribution in [2.24, 2.45) is 23.2 Å². The predicted molar refractivity (Wildman–Crippen MR) is 106 cm³/mol. The maximum atomic E-state index is 13.2. The minimum absolute atomic E-state index is 0.0852. The molecule has 6 rings (SSSR count). The van der Waals surface area contributed by atoms with Crippen molar-refractivity contribution >= 4 is 12.0 Å². The molecule has 1 saturated heterocycles. The highest BCUT2D eigenvalue weighted by Gasteiger charge is 2.54. The highest BCUT2D eigenvalue weighted by atomic mass is 16.6. The molecule has 1 aliphatic heterocycles. The van der Waals surface area contributed by atoms with Gasteiger partial charge in [0.05, 0.1) is 0 Å². The zero-order valence-electron chi connectivity index (χ0n) is 16.4. The molecule has 5 fully saturated rings. The number of hydrogen-bond donors (Lipinski definition) is 1. The molecule has 0 aromatic heterocycles. The van der Waals surface area contributed by atoms with Crippen LogP contribution in [0.1, 0.15) is 51.4 Å². The summed E-state index contributed by atoms with van der Waals surface area (Å²) in [6.07, 6.45) is 8.70. The molecule has 28 heavy (non-hydrogen) atoms. The minimum Gasteiger partial charge on any atom is -0.410 e. The molecule has 0 radical (unpaired) electrons. The number of hydrogen-bond acceptors (Lipinski definition) is 3. The first kappa shape index (κ1) is 18.0. The van der Waals surface area contributed by atoms with Gasteiger partial charge >= 0.3 is 6.09 Å². The van der Waals surface area contributed by atoms with Gasteiger partial charge in [0.1, 0.15) is 5.75 Å². The van der Waals surface area contributed by atoms with Gasteiger partial charge < -0.3 is 15.0 Å². The second-order valence-electron chi connectivity index (χ2n) is 9.61. The van der Waals surface area contributed by atoms with E-state index in [2.05, 4.69) is 5.32 Å². The summed E-state index contributed by atoms with van der Waals surface area (Å²) in [5.41, 5.74) is -0.0852. The lowest BCUT2D eigenvalue weighted by Crippen LogP contribution is -2.56. The monoisotopic (exact) mass is 382 g/mol. The maximum Gasteiger partial charge on any atom is 0.415 e. The fraction of sp³-hybridized carbons (Fsp3) is 0.652. The molecule has 2 amide bonds. The van der Waals surface area contributed by atoms with Crippen LogP contribution >= 0.6 is 0 Å². The Labute approximate surface area is 166 Å². The Bertz CT molecular complexity index is 704. The standard InChI is InChI=1S/C23H30N2O3/c26-21(23-13-16-10-17(14-23)12-18(11-16)15-23)24-19-6-8-25(9-7-19)22(27)28-20-4-2-1-3-5-20/h1-5,16-19H,6-15H2,(H,24,26). The second kappa shape index (κ2) is 7.09. The molecule has 5 heteroatoms. The molecule has 4 saturated carbocycles. The van der Waals surface area contributed by atoms with Crippen LogP contribution in [0.3, 0.4) is 0 Å². The van der Waals surface area contributed by atoms with Crippen LogP contribution in [0.15, 0.2) is 30.3 Å². The molecule has 4 aliphatic carbocycles. The van der Waals surface area contributed by atoms with E-state index in [0.717, 1.165) is 49.9 Å². The summed E-state index contributed by atoms with van der Waals surface area (Å²) in [5, 5.41) is 3.37. The fourth-order valence-electron chi connectivity index (χ4n) is 6.59. The molecule has 1 aromatic carbocycles. The average Bonchev–Trinajstić information content (AvgIpc) is 2.68. The lowest BCUT2D eigenvalue weighted by molar-refractivity contribution is -0.147. The van der Waals surface area contributed by atoms with E-state index in [-0.39, 0.29) is 17.6 Å². The van der Waals surface area contributed by atoms with Crippen molar-refractivity contribution in [1.82, 2.24) is 10.2 Å². The number of amides is 2. The van der Waals surface area contributed by atoms with Crippen LogP contribution in [-0.4, -0.2) is 36.0 Å². The van der Waals surface area contributed by atoms with Gasteiger partial charge in [0.15, 0.2) is 0 Å². The average molecular weight is 383 g/mol. The third kappa shape index (κ3) is 3.40. The summed E-state index contributed by atoms with van der Waals surface area (Å²) in [5.74, 6) is 3.23. The number of rotatable bonds is 3. The van der Waals surface area contributed by atoms with Crippen molar-refractivity contribution in [3.8, 4) is 5.75 Å². The number of benzene rings is 1. The molecular weight excluding hydrogens is 352 g/mol. The van der Waals surface area contributed by atoms with E-state index < -0.39 is 0 Å². The minimum atomic E-state index is -0.294. The summed E-state index contributed by atoms with van der Waals surface area (Å²) in [4.78, 5) is 27.3. The van der Waals surface area contributed by atoms with E-state index in [0.29, 0.717) is 24.7 Å².